The first kappa shape index (κ1) is 53.8. The summed E-state index contributed by atoms with van der Waals surface area (Å²) in [6, 6.07) is 27.8. The van der Waals surface area contributed by atoms with Gasteiger partial charge < -0.3 is 42.4 Å². The largest absolute Gasteiger partial charge is 0.497 e. The molecule has 19 heteroatoms. The van der Waals surface area contributed by atoms with Crippen LogP contribution in [0.5, 0.6) is 11.5 Å². The molecule has 0 aliphatic carbocycles. The molecule has 1 aliphatic rings. The van der Waals surface area contributed by atoms with Crippen molar-refractivity contribution in [3.63, 3.8) is 0 Å². The fraction of sp³-hybridized carbons (Fsp3) is 0.442. The van der Waals surface area contributed by atoms with Gasteiger partial charge in [-0.3, -0.25) is 9.59 Å². The summed E-state index contributed by atoms with van der Waals surface area (Å²) in [5.41, 5.74) is 1.98. The minimum absolute atomic E-state index is 0.00600. The van der Waals surface area contributed by atoms with Crippen molar-refractivity contribution in [3.8, 4) is 29.4 Å². The van der Waals surface area contributed by atoms with Crippen LogP contribution in [0.2, 0.25) is 0 Å². The third-order valence-electron chi connectivity index (χ3n) is 11.2. The molecule has 1 aliphatic heterocycles. The zero-order valence-corrected chi connectivity index (χ0v) is 42.9. The lowest BCUT2D eigenvalue weighted by atomic mass is 9.80. The van der Waals surface area contributed by atoms with Crippen LogP contribution < -0.4 is 9.47 Å². The van der Waals surface area contributed by atoms with Crippen LogP contribution in [-0.2, 0) is 43.2 Å². The number of fused-ring (bicyclic) bond motifs is 1. The van der Waals surface area contributed by atoms with Crippen molar-refractivity contribution >= 4 is 43.7 Å². The molecule has 3 heterocycles. The number of hydrogen-bond donors (Lipinski definition) is 0. The number of aromatic nitrogens is 4. The van der Waals surface area contributed by atoms with E-state index in [4.69, 9.17) is 47.6 Å². The van der Waals surface area contributed by atoms with Gasteiger partial charge in [0.2, 0.25) is 0 Å². The quantitative estimate of drug-likeness (QED) is 0.0116. The van der Waals surface area contributed by atoms with Crippen molar-refractivity contribution < 1.29 is 47.1 Å². The number of methoxy groups -OCH3 is 2. The number of nitriles is 1. The fourth-order valence-corrected chi connectivity index (χ4v) is 9.81. The molecule has 2 unspecified atom stereocenters. The highest BCUT2D eigenvalue weighted by molar-refractivity contribution is 7.44. The van der Waals surface area contributed by atoms with Crippen molar-refractivity contribution in [3.05, 3.63) is 108 Å². The van der Waals surface area contributed by atoms with E-state index in [1.165, 1.54) is 20.2 Å². The van der Waals surface area contributed by atoms with E-state index in [0.29, 0.717) is 28.4 Å². The first-order valence-corrected chi connectivity index (χ1v) is 24.4. The third-order valence-corrected chi connectivity index (χ3v) is 13.4. The number of aliphatic imine (C=N–C) groups is 1. The van der Waals surface area contributed by atoms with Gasteiger partial charge in [-0.25, -0.2) is 24.3 Å². The van der Waals surface area contributed by atoms with Gasteiger partial charge in [0.25, 0.3) is 8.53 Å². The van der Waals surface area contributed by atoms with E-state index in [-0.39, 0.29) is 57.0 Å². The number of ether oxygens (including phenoxy) is 6. The molecule has 18 nitrogen and oxygen atoms in total. The number of hydrogen-bond acceptors (Lipinski definition) is 16. The SMILES string of the molecule is COc1ccc(C(OC[C@H]2O[C@@H](n3nc(C#CC(COC(C)=O)COC(C)=O)c4c(/N=C\N(C)C)ncnc43)CC2OP(OCCC#N)N(C(C)C)C(C)C)(c2ccccc2)c2ccc(OC)cc2)cc1. The molecule has 1 fully saturated rings. The molecule has 3 aromatic carbocycles. The summed E-state index contributed by atoms with van der Waals surface area (Å²) in [6.07, 6.45) is 1.23. The standard InChI is InChI=1S/C52H63N8O10P/c1-35(2)60(36(3)4)71(68-28-14-27-53)70-46-29-48(59-51-49(50(54-33-55-51)56-34-58(7)8)45(57-59)26-17-39(30-65-37(5)61)31-66-38(6)62)69-47(46)32-67-52(40-15-12-11-13-16-40,41-18-22-43(63-9)23-19-41)42-20-24-44(64-10)25-21-42/h11-13,15-16,18-25,33-36,39,46-48H,14,28-32H2,1-10H3/b56-34-/t46?,47-,48-,71?/m1/s1. The summed E-state index contributed by atoms with van der Waals surface area (Å²) >= 11 is 0. The topological polar surface area (TPSA) is 194 Å². The second kappa shape index (κ2) is 25.6. The highest BCUT2D eigenvalue weighted by Crippen LogP contribution is 2.51. The van der Waals surface area contributed by atoms with Gasteiger partial charge in [0.1, 0.15) is 48.4 Å². The first-order valence-electron chi connectivity index (χ1n) is 23.3. The minimum atomic E-state index is -1.75. The second-order valence-corrected chi connectivity index (χ2v) is 18.7. The summed E-state index contributed by atoms with van der Waals surface area (Å²) in [7, 11) is 5.18. The molecule has 1 saturated heterocycles. The molecule has 0 bridgehead atoms. The highest BCUT2D eigenvalue weighted by Gasteiger charge is 2.46. The maximum absolute atomic E-state index is 11.8. The van der Waals surface area contributed by atoms with Gasteiger partial charge in [0.05, 0.1) is 63.7 Å². The van der Waals surface area contributed by atoms with Gasteiger partial charge in [-0.05, 0) is 74.6 Å². The minimum Gasteiger partial charge on any atom is -0.497 e. The zero-order valence-electron chi connectivity index (χ0n) is 42.0. The molecule has 0 saturated carbocycles. The molecule has 71 heavy (non-hydrogen) atoms. The Morgan fingerprint density at radius 2 is 1.49 bits per heavy atom. The molecule has 0 N–H and O–H groups in total. The molecular weight excluding hydrogens is 928 g/mol. The Balaban J connectivity index is 1.51. The van der Waals surface area contributed by atoms with Gasteiger partial charge in [-0.2, -0.15) is 10.4 Å². The molecule has 0 amide bonds. The molecule has 5 aromatic rings. The van der Waals surface area contributed by atoms with E-state index in [0.717, 1.165) is 16.7 Å². The summed E-state index contributed by atoms with van der Waals surface area (Å²) in [5, 5.41) is 15.0. The van der Waals surface area contributed by atoms with Crippen LogP contribution in [0.15, 0.2) is 90.2 Å². The lowest BCUT2D eigenvalue weighted by molar-refractivity contribution is -0.144. The Labute approximate surface area is 417 Å². The third kappa shape index (κ3) is 13.7. The van der Waals surface area contributed by atoms with E-state index in [1.807, 2.05) is 93.0 Å². The fourth-order valence-electron chi connectivity index (χ4n) is 8.05. The van der Waals surface area contributed by atoms with Crippen LogP contribution in [0.4, 0.5) is 5.82 Å². The Morgan fingerprint density at radius 1 is 0.901 bits per heavy atom. The Kier molecular flexibility index (Phi) is 19.4. The molecule has 2 aromatic heterocycles. The Morgan fingerprint density at radius 3 is 2.03 bits per heavy atom. The lowest BCUT2D eigenvalue weighted by Gasteiger charge is -2.39. The first-order chi connectivity index (χ1) is 34.2. The van der Waals surface area contributed by atoms with Crippen molar-refractivity contribution in [1.29, 1.82) is 5.26 Å². The monoisotopic (exact) mass is 990 g/mol. The summed E-state index contributed by atoms with van der Waals surface area (Å²) in [5.74, 6) is 6.20. The molecule has 4 atom stereocenters. The van der Waals surface area contributed by atoms with Gasteiger partial charge in [-0.15, -0.1) is 0 Å². The molecule has 6 rings (SSSR count). The Bertz CT molecular complexity index is 2590. The zero-order chi connectivity index (χ0) is 51.1. The van der Waals surface area contributed by atoms with Crippen LogP contribution in [0, 0.1) is 29.1 Å². The maximum Gasteiger partial charge on any atom is 0.302 e. The normalized spacial score (nSPS) is 16.3. The van der Waals surface area contributed by atoms with E-state index in [9.17, 15) is 14.9 Å². The van der Waals surface area contributed by atoms with E-state index < -0.39 is 50.4 Å². The van der Waals surface area contributed by atoms with E-state index >= 15 is 0 Å². The number of carbonyl (C=O) groups excluding carboxylic acids is 2. The van der Waals surface area contributed by atoms with Crippen molar-refractivity contribution in [2.24, 2.45) is 10.9 Å². The second-order valence-electron chi connectivity index (χ2n) is 17.3. The van der Waals surface area contributed by atoms with Gasteiger partial charge >= 0.3 is 11.9 Å². The molecular formula is C52H63N8O10P. The maximum atomic E-state index is 11.8. The number of carbonyl (C=O) groups is 2. The number of benzene rings is 3. The molecule has 0 radical (unpaired) electrons. The summed E-state index contributed by atoms with van der Waals surface area (Å²) < 4.78 is 53.7. The van der Waals surface area contributed by atoms with Crippen LogP contribution in [0.25, 0.3) is 11.0 Å². The number of esters is 2. The van der Waals surface area contributed by atoms with E-state index in [1.54, 1.807) is 30.1 Å². The predicted molar refractivity (Wildman–Crippen MR) is 268 cm³/mol. The summed E-state index contributed by atoms with van der Waals surface area (Å²) in [4.78, 5) is 39.3. The van der Waals surface area contributed by atoms with Crippen LogP contribution >= 0.6 is 8.53 Å². The van der Waals surface area contributed by atoms with Crippen LogP contribution in [0.3, 0.4) is 0 Å². The lowest BCUT2D eigenvalue weighted by Crippen LogP contribution is -2.39. The van der Waals surface area contributed by atoms with Crippen LogP contribution in [0.1, 0.15) is 83.0 Å². The number of rotatable bonds is 23. The van der Waals surface area contributed by atoms with Crippen molar-refractivity contribution in [2.75, 3.05) is 54.7 Å². The average Bonchev–Trinajstić information content (AvgIpc) is 3.94. The predicted octanol–water partition coefficient (Wildman–Crippen LogP) is 8.12. The van der Waals surface area contributed by atoms with Gasteiger partial charge in [0.15, 0.2) is 17.7 Å². The summed E-state index contributed by atoms with van der Waals surface area (Å²) in [6.45, 7) is 10.8. The van der Waals surface area contributed by atoms with Crippen LogP contribution in [-0.4, -0.2) is 127 Å². The van der Waals surface area contributed by atoms with E-state index in [2.05, 4.69) is 60.3 Å². The van der Waals surface area contributed by atoms with Crippen molar-refractivity contribution in [1.82, 2.24) is 29.3 Å². The number of nitrogens with zero attached hydrogens (tertiary/aromatic N) is 8. The smallest absolute Gasteiger partial charge is 0.302 e. The van der Waals surface area contributed by atoms with Gasteiger partial charge in [-0.1, -0.05) is 60.5 Å². The average molecular weight is 991 g/mol. The highest BCUT2D eigenvalue weighted by atomic mass is 31.2. The van der Waals surface area contributed by atoms with Gasteiger partial charge in [0, 0.05) is 46.4 Å². The molecule has 376 valence electrons. The molecule has 0 spiro atoms. The Hall–Kier alpha value is -6.50. The van der Waals surface area contributed by atoms with Crippen molar-refractivity contribution in [2.45, 2.75) is 90.5 Å².